The Labute approximate surface area is 161 Å². The van der Waals surface area contributed by atoms with Gasteiger partial charge in [-0.25, -0.2) is 0 Å². The molecular weight excluding hydrogens is 377 g/mol. The number of hydrogen-bond donors (Lipinski definition) is 1. The molecule has 1 N–H and O–H groups in total. The van der Waals surface area contributed by atoms with Gasteiger partial charge in [-0.2, -0.15) is 0 Å². The molecule has 0 spiro atoms. The molecule has 5 nitrogen and oxygen atoms in total. The van der Waals surface area contributed by atoms with Gasteiger partial charge in [0.25, 0.3) is 0 Å². The summed E-state index contributed by atoms with van der Waals surface area (Å²) in [5.41, 5.74) is 0.489. The Morgan fingerprint density at radius 1 is 1.36 bits per heavy atom. The van der Waals surface area contributed by atoms with Crippen molar-refractivity contribution in [3.63, 3.8) is 0 Å². The molecule has 0 amide bonds. The maximum absolute atomic E-state index is 12.3. The van der Waals surface area contributed by atoms with E-state index in [0.29, 0.717) is 24.4 Å². The van der Waals surface area contributed by atoms with Crippen LogP contribution in [0, 0.1) is 0 Å². The minimum atomic E-state index is -4.76. The number of ether oxygens (including phenoxy) is 3. The number of hydrogen-bond acceptors (Lipinski definition) is 4. The maximum Gasteiger partial charge on any atom is 0.573 e. The summed E-state index contributed by atoms with van der Waals surface area (Å²) in [6, 6.07) is 5.48. The fourth-order valence-electron chi connectivity index (χ4n) is 2.24. The number of carbonyl (C=O) groups is 1. The van der Waals surface area contributed by atoms with Crippen LogP contribution >= 0.6 is 0 Å². The van der Waals surface area contributed by atoms with Crippen molar-refractivity contribution in [1.29, 1.82) is 0 Å². The third kappa shape index (κ3) is 10.4. The Balaban J connectivity index is 2.68. The van der Waals surface area contributed by atoms with E-state index in [-0.39, 0.29) is 18.8 Å². The number of carboxylic acid groups (broad SMARTS) is 1. The summed E-state index contributed by atoms with van der Waals surface area (Å²) in [7, 11) is 0. The second-order valence-corrected chi connectivity index (χ2v) is 5.60. The molecule has 0 fully saturated rings. The SMILES string of the molecule is C=C/C=C(\C=C/CC(CC(=O)O)OCC)OCc1cccc(OC(F)(F)F)c1. The van der Waals surface area contributed by atoms with Gasteiger partial charge in [-0.3, -0.25) is 4.79 Å². The van der Waals surface area contributed by atoms with E-state index >= 15 is 0 Å². The summed E-state index contributed by atoms with van der Waals surface area (Å²) < 4.78 is 51.7. The van der Waals surface area contributed by atoms with Gasteiger partial charge in [-0.15, -0.1) is 13.2 Å². The molecule has 0 aliphatic rings. The van der Waals surface area contributed by atoms with E-state index in [9.17, 15) is 18.0 Å². The monoisotopic (exact) mass is 400 g/mol. The fourth-order valence-corrected chi connectivity index (χ4v) is 2.24. The third-order valence-corrected chi connectivity index (χ3v) is 3.31. The predicted molar refractivity (Wildman–Crippen MR) is 97.6 cm³/mol. The predicted octanol–water partition coefficient (Wildman–Crippen LogP) is 5.00. The molecule has 0 bridgehead atoms. The van der Waals surface area contributed by atoms with Crippen LogP contribution < -0.4 is 4.74 Å². The van der Waals surface area contributed by atoms with Gasteiger partial charge in [0.05, 0.1) is 12.5 Å². The van der Waals surface area contributed by atoms with E-state index in [1.54, 1.807) is 31.2 Å². The molecule has 1 aromatic rings. The Morgan fingerprint density at radius 3 is 2.71 bits per heavy atom. The Morgan fingerprint density at radius 2 is 2.11 bits per heavy atom. The number of benzene rings is 1. The Kier molecular flexibility index (Phi) is 9.87. The smallest absolute Gasteiger partial charge is 0.489 e. The van der Waals surface area contributed by atoms with Crippen molar-refractivity contribution in [2.75, 3.05) is 6.61 Å². The van der Waals surface area contributed by atoms with E-state index < -0.39 is 18.4 Å². The quantitative estimate of drug-likeness (QED) is 0.395. The number of halogens is 3. The van der Waals surface area contributed by atoms with Crippen molar-refractivity contribution in [3.05, 3.63) is 66.5 Å². The summed E-state index contributed by atoms with van der Waals surface area (Å²) in [5.74, 6) is -0.861. The first-order valence-corrected chi connectivity index (χ1v) is 8.53. The van der Waals surface area contributed by atoms with Crippen molar-refractivity contribution < 1.29 is 37.3 Å². The van der Waals surface area contributed by atoms with Crippen LogP contribution in [-0.2, 0) is 20.9 Å². The lowest BCUT2D eigenvalue weighted by atomic mass is 10.1. The van der Waals surface area contributed by atoms with E-state index in [1.165, 1.54) is 24.3 Å². The molecule has 1 atom stereocenters. The molecule has 1 rings (SSSR count). The highest BCUT2D eigenvalue weighted by molar-refractivity contribution is 5.67. The van der Waals surface area contributed by atoms with Crippen LogP contribution in [0.5, 0.6) is 5.75 Å². The molecule has 0 aliphatic carbocycles. The molecule has 0 radical (unpaired) electrons. The van der Waals surface area contributed by atoms with Gasteiger partial charge in [0, 0.05) is 6.61 Å². The molecule has 28 heavy (non-hydrogen) atoms. The van der Waals surface area contributed by atoms with Crippen molar-refractivity contribution in [1.82, 2.24) is 0 Å². The third-order valence-electron chi connectivity index (χ3n) is 3.31. The van der Waals surface area contributed by atoms with E-state index in [0.717, 1.165) is 0 Å². The van der Waals surface area contributed by atoms with E-state index in [1.807, 2.05) is 0 Å². The second-order valence-electron chi connectivity index (χ2n) is 5.60. The molecule has 0 aliphatic heterocycles. The zero-order valence-corrected chi connectivity index (χ0v) is 15.4. The van der Waals surface area contributed by atoms with Crippen LogP contribution in [0.15, 0.2) is 60.9 Å². The first-order chi connectivity index (χ1) is 13.2. The lowest BCUT2D eigenvalue weighted by Gasteiger charge is -2.13. The minimum absolute atomic E-state index is 0.0169. The van der Waals surface area contributed by atoms with E-state index in [2.05, 4.69) is 11.3 Å². The maximum atomic E-state index is 12.3. The van der Waals surface area contributed by atoms with Crippen LogP contribution in [0.3, 0.4) is 0 Å². The fraction of sp³-hybridized carbons (Fsp3) is 0.350. The average Bonchev–Trinajstić information content (AvgIpc) is 2.58. The Hall–Kier alpha value is -2.74. The minimum Gasteiger partial charge on any atom is -0.489 e. The number of carboxylic acids is 1. The van der Waals surface area contributed by atoms with Crippen molar-refractivity contribution in [3.8, 4) is 5.75 Å². The normalized spacial score (nSPS) is 13.4. The summed E-state index contributed by atoms with van der Waals surface area (Å²) in [4.78, 5) is 10.8. The van der Waals surface area contributed by atoms with Gasteiger partial charge in [0.1, 0.15) is 18.1 Å². The number of aliphatic carboxylic acids is 1. The van der Waals surface area contributed by atoms with Crippen molar-refractivity contribution in [2.45, 2.75) is 38.8 Å². The van der Waals surface area contributed by atoms with Gasteiger partial charge in [0.15, 0.2) is 0 Å². The molecular formula is C20H23F3O5. The summed E-state index contributed by atoms with van der Waals surface area (Å²) in [6.07, 6.45) is 1.45. The van der Waals surface area contributed by atoms with Gasteiger partial charge in [-0.05, 0) is 43.2 Å². The highest BCUT2D eigenvalue weighted by Gasteiger charge is 2.31. The molecule has 1 aromatic carbocycles. The van der Waals surface area contributed by atoms with Gasteiger partial charge in [0.2, 0.25) is 0 Å². The van der Waals surface area contributed by atoms with Gasteiger partial charge < -0.3 is 19.3 Å². The van der Waals surface area contributed by atoms with Crippen molar-refractivity contribution >= 4 is 5.97 Å². The highest BCUT2D eigenvalue weighted by atomic mass is 19.4. The standard InChI is InChI=1S/C20H23F3O5/c1-3-7-16(9-6-10-17(26-4-2)13-19(24)25)27-14-15-8-5-11-18(12-15)28-20(21,22)23/h3,5-9,11-12,17H,1,4,10,13-14H2,2H3,(H,24,25)/b9-6-,16-7+. The zero-order valence-electron chi connectivity index (χ0n) is 15.4. The second kappa shape index (κ2) is 11.9. The van der Waals surface area contributed by atoms with Crippen LogP contribution in [0.2, 0.25) is 0 Å². The van der Waals surface area contributed by atoms with Crippen LogP contribution in [0.25, 0.3) is 0 Å². The Bertz CT molecular complexity index is 695. The van der Waals surface area contributed by atoms with Crippen LogP contribution in [0.1, 0.15) is 25.3 Å². The van der Waals surface area contributed by atoms with Gasteiger partial charge >= 0.3 is 12.3 Å². The molecule has 0 saturated carbocycles. The lowest BCUT2D eigenvalue weighted by molar-refractivity contribution is -0.274. The molecule has 1 unspecified atom stereocenters. The number of alkyl halides is 3. The zero-order chi connectivity index (χ0) is 21.0. The summed E-state index contributed by atoms with van der Waals surface area (Å²) in [5, 5.41) is 8.87. The molecule has 8 heteroatoms. The van der Waals surface area contributed by atoms with E-state index in [4.69, 9.17) is 14.6 Å². The van der Waals surface area contributed by atoms with Crippen LogP contribution in [0.4, 0.5) is 13.2 Å². The first-order valence-electron chi connectivity index (χ1n) is 8.53. The molecule has 0 saturated heterocycles. The van der Waals surface area contributed by atoms with Crippen molar-refractivity contribution in [2.24, 2.45) is 0 Å². The largest absolute Gasteiger partial charge is 0.573 e. The highest BCUT2D eigenvalue weighted by Crippen LogP contribution is 2.24. The summed E-state index contributed by atoms with van der Waals surface area (Å²) >= 11 is 0. The topological polar surface area (TPSA) is 65.0 Å². The molecule has 0 aromatic heterocycles. The number of allylic oxidation sites excluding steroid dienone is 3. The van der Waals surface area contributed by atoms with Gasteiger partial charge in [-0.1, -0.05) is 30.9 Å². The lowest BCUT2D eigenvalue weighted by Crippen LogP contribution is -2.17. The van der Waals surface area contributed by atoms with Crippen LogP contribution in [-0.4, -0.2) is 30.1 Å². The molecule has 0 heterocycles. The first kappa shape index (κ1) is 23.3. The average molecular weight is 400 g/mol. The summed E-state index contributed by atoms with van der Waals surface area (Å²) in [6.45, 7) is 5.78. The number of rotatable bonds is 12. The molecule has 154 valence electrons.